The van der Waals surface area contributed by atoms with Gasteiger partial charge in [-0.3, -0.25) is 9.59 Å². The molecule has 0 aliphatic heterocycles. The van der Waals surface area contributed by atoms with E-state index in [1.165, 1.54) is 16.7 Å². The van der Waals surface area contributed by atoms with Gasteiger partial charge in [0.25, 0.3) is 5.91 Å². The number of carbonyl (C=O) groups is 2. The molecule has 0 saturated heterocycles. The first-order valence-electron chi connectivity index (χ1n) is 5.66. The van der Waals surface area contributed by atoms with E-state index in [1.807, 2.05) is 31.2 Å². The Morgan fingerprint density at radius 3 is 2.74 bits per heavy atom. The van der Waals surface area contributed by atoms with Crippen LogP contribution >= 0.6 is 11.3 Å². The van der Waals surface area contributed by atoms with E-state index in [-0.39, 0.29) is 18.0 Å². The minimum absolute atomic E-state index is 0.163. The van der Waals surface area contributed by atoms with Gasteiger partial charge in [0.2, 0.25) is 5.91 Å². The number of carbonyl (C=O) groups excluding carboxylic acids is 2. The fraction of sp³-hybridized carbons (Fsp3) is 0.154. The highest BCUT2D eigenvalue weighted by Gasteiger charge is 2.10. The van der Waals surface area contributed by atoms with E-state index in [1.54, 1.807) is 0 Å². The van der Waals surface area contributed by atoms with Crippen molar-refractivity contribution >= 4 is 28.3 Å². The number of aryl methyl sites for hydroxylation is 1. The van der Waals surface area contributed by atoms with E-state index in [2.05, 4.69) is 10.3 Å². The summed E-state index contributed by atoms with van der Waals surface area (Å²) in [5.74, 6) is -0.768. The molecule has 1 aromatic heterocycles. The number of benzene rings is 1. The second kappa shape index (κ2) is 5.62. The average Bonchev–Trinajstić information content (AvgIpc) is 2.80. The van der Waals surface area contributed by atoms with Crippen molar-refractivity contribution in [3.05, 3.63) is 46.5 Å². The van der Waals surface area contributed by atoms with Crippen molar-refractivity contribution in [1.29, 1.82) is 0 Å². The van der Waals surface area contributed by atoms with Crippen LogP contribution in [0.1, 0.15) is 21.6 Å². The fourth-order valence-corrected chi connectivity index (χ4v) is 2.31. The third-order valence-corrected chi connectivity index (χ3v) is 3.37. The molecule has 0 aliphatic rings. The summed E-state index contributed by atoms with van der Waals surface area (Å²) in [6.07, 6.45) is 0.276. The molecule has 1 aromatic carbocycles. The molecule has 19 heavy (non-hydrogen) atoms. The van der Waals surface area contributed by atoms with Crippen molar-refractivity contribution in [3.63, 3.8) is 0 Å². The van der Waals surface area contributed by atoms with Gasteiger partial charge in [0.15, 0.2) is 5.13 Å². The third kappa shape index (κ3) is 3.38. The number of amides is 2. The monoisotopic (exact) mass is 275 g/mol. The Kier molecular flexibility index (Phi) is 3.91. The standard InChI is InChI=1S/C13H13N3O2S/c1-8-4-2-3-5-9(8)6-11(17)16-13-15-10(7-19-13)12(14)18/h2-5,7H,6H2,1H3,(H2,14,18)(H,15,16,17). The number of aromatic nitrogens is 1. The summed E-state index contributed by atoms with van der Waals surface area (Å²) >= 11 is 1.18. The van der Waals surface area contributed by atoms with Crippen LogP contribution in [0.3, 0.4) is 0 Å². The number of nitrogens with one attached hydrogen (secondary N) is 1. The van der Waals surface area contributed by atoms with Crippen LogP contribution in [-0.4, -0.2) is 16.8 Å². The van der Waals surface area contributed by atoms with Crippen molar-refractivity contribution in [2.75, 3.05) is 5.32 Å². The van der Waals surface area contributed by atoms with Crippen LogP contribution in [0.15, 0.2) is 29.6 Å². The number of hydrogen-bond donors (Lipinski definition) is 2. The van der Waals surface area contributed by atoms with Gasteiger partial charge in [-0.2, -0.15) is 0 Å². The lowest BCUT2D eigenvalue weighted by Crippen LogP contribution is -2.16. The molecule has 0 fully saturated rings. The van der Waals surface area contributed by atoms with Crippen LogP contribution in [0.25, 0.3) is 0 Å². The van der Waals surface area contributed by atoms with Gasteiger partial charge in [-0.15, -0.1) is 11.3 Å². The first-order chi connectivity index (χ1) is 9.06. The fourth-order valence-electron chi connectivity index (χ4n) is 1.59. The summed E-state index contributed by atoms with van der Waals surface area (Å²) in [4.78, 5) is 26.7. The lowest BCUT2D eigenvalue weighted by molar-refractivity contribution is -0.115. The van der Waals surface area contributed by atoms with Crippen LogP contribution in [0.2, 0.25) is 0 Å². The molecule has 1 heterocycles. The number of nitrogens with zero attached hydrogens (tertiary/aromatic N) is 1. The number of hydrogen-bond acceptors (Lipinski definition) is 4. The van der Waals surface area contributed by atoms with Gasteiger partial charge in [-0.25, -0.2) is 4.98 Å². The lowest BCUT2D eigenvalue weighted by atomic mass is 10.1. The van der Waals surface area contributed by atoms with E-state index in [0.717, 1.165) is 11.1 Å². The molecule has 0 spiro atoms. The summed E-state index contributed by atoms with van der Waals surface area (Å²) in [7, 11) is 0. The quantitative estimate of drug-likeness (QED) is 0.891. The number of anilines is 1. The normalized spacial score (nSPS) is 10.2. The minimum atomic E-state index is -0.601. The van der Waals surface area contributed by atoms with Gasteiger partial charge < -0.3 is 11.1 Å². The van der Waals surface area contributed by atoms with Gasteiger partial charge in [-0.1, -0.05) is 24.3 Å². The molecular formula is C13H13N3O2S. The van der Waals surface area contributed by atoms with Crippen LogP contribution in [0, 0.1) is 6.92 Å². The van der Waals surface area contributed by atoms with Crippen LogP contribution < -0.4 is 11.1 Å². The summed E-state index contributed by atoms with van der Waals surface area (Å²) in [6.45, 7) is 1.96. The molecule has 2 amide bonds. The Bertz CT molecular complexity index is 622. The van der Waals surface area contributed by atoms with Crippen LogP contribution in [0.5, 0.6) is 0 Å². The van der Waals surface area contributed by atoms with Gasteiger partial charge in [-0.05, 0) is 18.1 Å². The number of rotatable bonds is 4. The van der Waals surface area contributed by atoms with E-state index in [9.17, 15) is 9.59 Å². The Hall–Kier alpha value is -2.21. The van der Waals surface area contributed by atoms with Crippen molar-refractivity contribution in [2.24, 2.45) is 5.73 Å². The van der Waals surface area contributed by atoms with Gasteiger partial charge in [0, 0.05) is 5.38 Å². The summed E-state index contributed by atoms with van der Waals surface area (Å²) in [6, 6.07) is 7.68. The van der Waals surface area contributed by atoms with Crippen LogP contribution in [0.4, 0.5) is 5.13 Å². The molecule has 0 atom stereocenters. The number of thiazole rings is 1. The highest BCUT2D eigenvalue weighted by molar-refractivity contribution is 7.14. The highest BCUT2D eigenvalue weighted by atomic mass is 32.1. The smallest absolute Gasteiger partial charge is 0.268 e. The van der Waals surface area contributed by atoms with E-state index < -0.39 is 5.91 Å². The lowest BCUT2D eigenvalue weighted by Gasteiger charge is -2.04. The summed E-state index contributed by atoms with van der Waals surface area (Å²) in [5.41, 5.74) is 7.29. The SMILES string of the molecule is Cc1ccccc1CC(=O)Nc1nc(C(N)=O)cs1. The first-order valence-corrected chi connectivity index (χ1v) is 6.54. The Morgan fingerprint density at radius 1 is 1.37 bits per heavy atom. The van der Waals surface area contributed by atoms with Crippen molar-refractivity contribution in [3.8, 4) is 0 Å². The molecule has 2 aromatic rings. The molecule has 5 nitrogen and oxygen atoms in total. The van der Waals surface area contributed by atoms with Crippen molar-refractivity contribution < 1.29 is 9.59 Å². The maximum Gasteiger partial charge on any atom is 0.268 e. The third-order valence-electron chi connectivity index (χ3n) is 2.62. The zero-order chi connectivity index (χ0) is 13.8. The Labute approximate surface area is 114 Å². The maximum absolute atomic E-state index is 11.9. The van der Waals surface area contributed by atoms with E-state index in [0.29, 0.717) is 5.13 Å². The largest absolute Gasteiger partial charge is 0.364 e. The molecule has 6 heteroatoms. The van der Waals surface area contributed by atoms with Gasteiger partial charge in [0.05, 0.1) is 6.42 Å². The van der Waals surface area contributed by atoms with Gasteiger partial charge >= 0.3 is 0 Å². The predicted molar refractivity (Wildman–Crippen MR) is 74.1 cm³/mol. The Balaban J connectivity index is 2.01. The predicted octanol–water partition coefficient (Wildman–Crippen LogP) is 1.73. The summed E-state index contributed by atoms with van der Waals surface area (Å²) < 4.78 is 0. The summed E-state index contributed by atoms with van der Waals surface area (Å²) in [5, 5.41) is 4.55. The van der Waals surface area contributed by atoms with E-state index >= 15 is 0 Å². The molecule has 2 rings (SSSR count). The molecule has 3 N–H and O–H groups in total. The van der Waals surface area contributed by atoms with Crippen LogP contribution in [-0.2, 0) is 11.2 Å². The maximum atomic E-state index is 11.9. The number of primary amides is 1. The molecule has 0 bridgehead atoms. The minimum Gasteiger partial charge on any atom is -0.364 e. The molecule has 0 unspecified atom stereocenters. The number of nitrogens with two attached hydrogens (primary N) is 1. The average molecular weight is 275 g/mol. The Morgan fingerprint density at radius 2 is 2.11 bits per heavy atom. The second-order valence-electron chi connectivity index (χ2n) is 4.05. The topological polar surface area (TPSA) is 85.1 Å². The van der Waals surface area contributed by atoms with Crippen molar-refractivity contribution in [2.45, 2.75) is 13.3 Å². The molecular weight excluding hydrogens is 262 g/mol. The molecule has 0 radical (unpaired) electrons. The van der Waals surface area contributed by atoms with Crippen molar-refractivity contribution in [1.82, 2.24) is 4.98 Å². The van der Waals surface area contributed by atoms with Gasteiger partial charge in [0.1, 0.15) is 5.69 Å². The zero-order valence-corrected chi connectivity index (χ0v) is 11.2. The molecule has 98 valence electrons. The first kappa shape index (κ1) is 13.2. The molecule has 0 saturated carbocycles. The van der Waals surface area contributed by atoms with E-state index in [4.69, 9.17) is 5.73 Å². The second-order valence-corrected chi connectivity index (χ2v) is 4.91. The highest BCUT2D eigenvalue weighted by Crippen LogP contribution is 2.16. The molecule has 0 aliphatic carbocycles. The zero-order valence-electron chi connectivity index (χ0n) is 10.3.